The molecular weight excluding hydrogens is 206 g/mol. The Morgan fingerprint density at radius 2 is 1.06 bits per heavy atom. The zero-order valence-electron chi connectivity index (χ0n) is 11.8. The molecule has 1 aromatic heterocycles. The van der Waals surface area contributed by atoms with Crippen molar-refractivity contribution in [3.8, 4) is 0 Å². The Morgan fingerprint density at radius 3 is 1.35 bits per heavy atom. The third-order valence-corrected chi connectivity index (χ3v) is 3.22. The highest BCUT2D eigenvalue weighted by Crippen LogP contribution is 2.36. The van der Waals surface area contributed by atoms with Gasteiger partial charge in [0.1, 0.15) is 0 Å². The van der Waals surface area contributed by atoms with E-state index in [1.165, 1.54) is 22.2 Å². The lowest BCUT2D eigenvalue weighted by atomic mass is 9.88. The Balaban J connectivity index is 2.81. The van der Waals surface area contributed by atoms with E-state index in [0.717, 1.165) is 0 Å². The summed E-state index contributed by atoms with van der Waals surface area (Å²) in [5.74, 6) is 0. The summed E-state index contributed by atoms with van der Waals surface area (Å²) in [6, 6.07) is 8.69. The van der Waals surface area contributed by atoms with E-state index in [1.54, 1.807) is 0 Å². The molecule has 0 spiro atoms. The molecule has 0 unspecified atom stereocenters. The first-order valence-corrected chi connectivity index (χ1v) is 6.33. The third-order valence-electron chi connectivity index (χ3n) is 3.22. The summed E-state index contributed by atoms with van der Waals surface area (Å²) in [5, 5.41) is 2.73. The molecular formula is C16H23N. The molecule has 1 heterocycles. The van der Waals surface area contributed by atoms with E-state index in [0.29, 0.717) is 0 Å². The number of rotatable bonds is 0. The molecule has 1 aromatic carbocycles. The van der Waals surface area contributed by atoms with Crippen LogP contribution < -0.4 is 0 Å². The molecule has 0 saturated heterocycles. The maximum Gasteiger partial charge on any atom is 0.0283 e. The summed E-state index contributed by atoms with van der Waals surface area (Å²) < 4.78 is 0. The minimum absolute atomic E-state index is 0.156. The second kappa shape index (κ2) is 3.63. The molecule has 1 N–H and O–H groups in total. The van der Waals surface area contributed by atoms with Crippen molar-refractivity contribution in [3.63, 3.8) is 0 Å². The number of nitrogens with one attached hydrogen (secondary N) is 1. The Morgan fingerprint density at radius 1 is 0.706 bits per heavy atom. The fraction of sp³-hybridized carbons (Fsp3) is 0.500. The van der Waals surface area contributed by atoms with E-state index in [-0.39, 0.29) is 10.8 Å². The van der Waals surface area contributed by atoms with E-state index >= 15 is 0 Å². The molecule has 0 aliphatic heterocycles. The second-order valence-electron chi connectivity index (χ2n) is 6.92. The van der Waals surface area contributed by atoms with E-state index in [2.05, 4.69) is 70.8 Å². The minimum atomic E-state index is 0.156. The van der Waals surface area contributed by atoms with Crippen LogP contribution in [0.15, 0.2) is 24.3 Å². The monoisotopic (exact) mass is 229 g/mol. The normalized spacial score (nSPS) is 13.3. The van der Waals surface area contributed by atoms with Crippen LogP contribution in [0.1, 0.15) is 52.9 Å². The van der Waals surface area contributed by atoms with Crippen molar-refractivity contribution in [2.75, 3.05) is 0 Å². The van der Waals surface area contributed by atoms with Crippen molar-refractivity contribution in [2.45, 2.75) is 52.4 Å². The van der Waals surface area contributed by atoms with Crippen LogP contribution in [-0.4, -0.2) is 4.98 Å². The maximum atomic E-state index is 3.67. The minimum Gasteiger partial charge on any atom is -0.360 e. The van der Waals surface area contributed by atoms with Gasteiger partial charge in [0.2, 0.25) is 0 Å². The smallest absolute Gasteiger partial charge is 0.0283 e. The molecule has 1 heteroatoms. The molecule has 2 rings (SSSR count). The van der Waals surface area contributed by atoms with Crippen molar-refractivity contribution in [2.24, 2.45) is 0 Å². The van der Waals surface area contributed by atoms with Gasteiger partial charge in [-0.1, -0.05) is 65.8 Å². The lowest BCUT2D eigenvalue weighted by Gasteiger charge is -2.20. The van der Waals surface area contributed by atoms with Gasteiger partial charge in [0.05, 0.1) is 0 Å². The predicted octanol–water partition coefficient (Wildman–Crippen LogP) is 4.76. The topological polar surface area (TPSA) is 15.8 Å². The number of hydrogen-bond acceptors (Lipinski definition) is 0. The van der Waals surface area contributed by atoms with Gasteiger partial charge in [-0.05, 0) is 0 Å². The quantitative estimate of drug-likeness (QED) is 0.670. The average molecular weight is 229 g/mol. The van der Waals surface area contributed by atoms with Crippen molar-refractivity contribution < 1.29 is 0 Å². The van der Waals surface area contributed by atoms with Gasteiger partial charge in [-0.3, -0.25) is 0 Å². The van der Waals surface area contributed by atoms with Gasteiger partial charge in [0.15, 0.2) is 0 Å². The zero-order chi connectivity index (χ0) is 12.8. The molecule has 0 radical (unpaired) electrons. The van der Waals surface area contributed by atoms with E-state index in [9.17, 15) is 0 Å². The molecule has 1 nitrogen and oxygen atoms in total. The van der Waals surface area contributed by atoms with Crippen LogP contribution in [0, 0.1) is 0 Å². The van der Waals surface area contributed by atoms with Gasteiger partial charge in [0.25, 0.3) is 0 Å². The van der Waals surface area contributed by atoms with E-state index in [1.807, 2.05) is 0 Å². The Labute approximate surface area is 104 Å². The van der Waals surface area contributed by atoms with Crippen molar-refractivity contribution in [1.82, 2.24) is 4.98 Å². The van der Waals surface area contributed by atoms with Crippen LogP contribution in [-0.2, 0) is 10.8 Å². The zero-order valence-corrected chi connectivity index (χ0v) is 11.8. The highest BCUT2D eigenvalue weighted by molar-refractivity contribution is 5.89. The molecule has 92 valence electrons. The Hall–Kier alpha value is -1.24. The second-order valence-corrected chi connectivity index (χ2v) is 6.92. The van der Waals surface area contributed by atoms with Gasteiger partial charge >= 0.3 is 0 Å². The Bertz CT molecular complexity index is 485. The highest BCUT2D eigenvalue weighted by Gasteiger charge is 2.25. The number of benzene rings is 1. The third kappa shape index (κ3) is 2.11. The standard InChI is InChI=1S/C16H23N/c1-15(2,3)13-11-9-7-8-10-12(11)14(17-13)16(4,5)6/h7-10,17H,1-6H3. The van der Waals surface area contributed by atoms with Crippen LogP contribution in [0.4, 0.5) is 0 Å². The van der Waals surface area contributed by atoms with E-state index < -0.39 is 0 Å². The van der Waals surface area contributed by atoms with Crippen LogP contribution in [0.2, 0.25) is 0 Å². The molecule has 0 bridgehead atoms. The highest BCUT2D eigenvalue weighted by atomic mass is 14.8. The first kappa shape index (κ1) is 12.2. The average Bonchev–Trinajstić information content (AvgIpc) is 2.55. The summed E-state index contributed by atoms with van der Waals surface area (Å²) in [6.07, 6.45) is 0. The van der Waals surface area contributed by atoms with Gasteiger partial charge in [-0.2, -0.15) is 0 Å². The number of hydrogen-bond donors (Lipinski definition) is 1. The fourth-order valence-electron chi connectivity index (χ4n) is 2.36. The van der Waals surface area contributed by atoms with Crippen molar-refractivity contribution in [3.05, 3.63) is 35.7 Å². The number of aromatic nitrogens is 1. The molecule has 0 atom stereocenters. The summed E-state index contributed by atoms with van der Waals surface area (Å²) >= 11 is 0. The van der Waals surface area contributed by atoms with Crippen LogP contribution in [0.25, 0.3) is 10.8 Å². The first-order valence-electron chi connectivity index (χ1n) is 6.33. The number of aromatic amines is 1. The lowest BCUT2D eigenvalue weighted by Crippen LogP contribution is -2.15. The number of H-pyrrole nitrogens is 1. The van der Waals surface area contributed by atoms with Gasteiger partial charge in [0, 0.05) is 33.0 Å². The van der Waals surface area contributed by atoms with Crippen LogP contribution in [0.3, 0.4) is 0 Å². The van der Waals surface area contributed by atoms with Crippen molar-refractivity contribution >= 4 is 10.8 Å². The SMILES string of the molecule is CC(C)(C)c1[nH]c(C(C)(C)C)c2ccccc12. The largest absolute Gasteiger partial charge is 0.360 e. The van der Waals surface area contributed by atoms with Crippen LogP contribution in [0.5, 0.6) is 0 Å². The maximum absolute atomic E-state index is 3.67. The first-order chi connectivity index (χ1) is 7.71. The molecule has 2 aromatic rings. The number of fused-ring (bicyclic) bond motifs is 1. The van der Waals surface area contributed by atoms with Gasteiger partial charge < -0.3 is 4.98 Å². The Kier molecular flexibility index (Phi) is 2.61. The molecule has 0 saturated carbocycles. The predicted molar refractivity (Wildman–Crippen MR) is 75.7 cm³/mol. The van der Waals surface area contributed by atoms with Gasteiger partial charge in [-0.25, -0.2) is 0 Å². The van der Waals surface area contributed by atoms with Crippen molar-refractivity contribution in [1.29, 1.82) is 0 Å². The summed E-state index contributed by atoms with van der Waals surface area (Å²) in [6.45, 7) is 13.6. The van der Waals surface area contributed by atoms with Gasteiger partial charge in [-0.15, -0.1) is 0 Å². The van der Waals surface area contributed by atoms with E-state index in [4.69, 9.17) is 0 Å². The summed E-state index contributed by atoms with van der Waals surface area (Å²) in [5.41, 5.74) is 3.00. The molecule has 0 aliphatic carbocycles. The molecule has 0 aliphatic rings. The summed E-state index contributed by atoms with van der Waals surface area (Å²) in [4.78, 5) is 3.67. The van der Waals surface area contributed by atoms with Crippen LogP contribution >= 0.6 is 0 Å². The lowest BCUT2D eigenvalue weighted by molar-refractivity contribution is 0.547. The molecule has 0 amide bonds. The summed E-state index contributed by atoms with van der Waals surface area (Å²) in [7, 11) is 0. The molecule has 0 fully saturated rings. The fourth-order valence-corrected chi connectivity index (χ4v) is 2.36. The molecule has 17 heavy (non-hydrogen) atoms.